The van der Waals surface area contributed by atoms with E-state index in [-0.39, 0.29) is 17.9 Å². The average Bonchev–Trinajstić information content (AvgIpc) is 3.45. The molecule has 1 fully saturated rings. The van der Waals surface area contributed by atoms with Crippen LogP contribution in [0, 0.1) is 0 Å². The number of nitrogens with zero attached hydrogens (tertiary/aromatic N) is 1. The number of carbonyl (C=O) groups excluding carboxylic acids is 2. The van der Waals surface area contributed by atoms with Crippen LogP contribution in [-0.4, -0.2) is 35.4 Å². The SMILES string of the molecule is C=CCOc1ccc(C2/C(=C(\O)c3ccccc3)C(=O)C(=O)N2Cc2ccco2)cc1OC. The van der Waals surface area contributed by atoms with Crippen LogP contribution in [0.25, 0.3) is 5.76 Å². The van der Waals surface area contributed by atoms with Crippen LogP contribution in [-0.2, 0) is 16.1 Å². The fraction of sp³-hybridized carbons (Fsp3) is 0.154. The number of aliphatic hydroxyl groups excluding tert-OH is 1. The first-order valence-corrected chi connectivity index (χ1v) is 10.3. The van der Waals surface area contributed by atoms with Gasteiger partial charge in [0, 0.05) is 5.56 Å². The molecule has 0 spiro atoms. The molecule has 33 heavy (non-hydrogen) atoms. The van der Waals surface area contributed by atoms with Crippen LogP contribution in [0.2, 0.25) is 0 Å². The molecular weight excluding hydrogens is 422 g/mol. The highest BCUT2D eigenvalue weighted by atomic mass is 16.5. The van der Waals surface area contributed by atoms with E-state index in [9.17, 15) is 14.7 Å². The molecule has 7 nitrogen and oxygen atoms in total. The Bertz CT molecular complexity index is 1200. The Hall–Kier alpha value is -4.26. The molecule has 1 unspecified atom stereocenters. The third kappa shape index (κ3) is 4.25. The first kappa shape index (κ1) is 22.0. The summed E-state index contributed by atoms with van der Waals surface area (Å²) < 4.78 is 16.5. The molecule has 1 atom stereocenters. The van der Waals surface area contributed by atoms with Gasteiger partial charge in [-0.25, -0.2) is 0 Å². The van der Waals surface area contributed by atoms with Gasteiger partial charge in [0.25, 0.3) is 11.7 Å². The number of furan rings is 1. The van der Waals surface area contributed by atoms with Crippen molar-refractivity contribution in [1.82, 2.24) is 4.90 Å². The van der Waals surface area contributed by atoms with Crippen LogP contribution in [0.4, 0.5) is 0 Å². The molecule has 168 valence electrons. The van der Waals surface area contributed by atoms with Crippen molar-refractivity contribution >= 4 is 17.4 Å². The van der Waals surface area contributed by atoms with Crippen molar-refractivity contribution in [2.75, 3.05) is 13.7 Å². The highest BCUT2D eigenvalue weighted by Crippen LogP contribution is 2.42. The normalized spacial score (nSPS) is 17.2. The van der Waals surface area contributed by atoms with Crippen LogP contribution >= 0.6 is 0 Å². The number of ketones is 1. The molecule has 7 heteroatoms. The zero-order valence-corrected chi connectivity index (χ0v) is 18.1. The molecule has 1 aliphatic rings. The Balaban J connectivity index is 1.85. The quantitative estimate of drug-likeness (QED) is 0.238. The van der Waals surface area contributed by atoms with E-state index in [0.717, 1.165) is 0 Å². The van der Waals surface area contributed by atoms with Crippen molar-refractivity contribution in [2.24, 2.45) is 0 Å². The Kier molecular flexibility index (Phi) is 6.31. The Labute approximate surface area is 191 Å². The van der Waals surface area contributed by atoms with Crippen LogP contribution in [0.15, 0.2) is 89.6 Å². The average molecular weight is 445 g/mol. The lowest BCUT2D eigenvalue weighted by Gasteiger charge is -2.25. The minimum absolute atomic E-state index is 0.000399. The molecule has 2 heterocycles. The molecule has 4 rings (SSSR count). The third-order valence-electron chi connectivity index (χ3n) is 5.35. The standard InChI is InChI=1S/C26H23NO6/c1-3-13-33-20-12-11-18(15-21(20)31-2)23-22(24(28)17-8-5-4-6-9-17)25(29)26(30)27(23)16-19-10-7-14-32-19/h3-12,14-15,23,28H,1,13,16H2,2H3/b24-22+. The fourth-order valence-electron chi connectivity index (χ4n) is 3.83. The number of hydrogen-bond acceptors (Lipinski definition) is 6. The minimum Gasteiger partial charge on any atom is -0.507 e. The van der Waals surface area contributed by atoms with Gasteiger partial charge < -0.3 is 23.9 Å². The number of rotatable bonds is 8. The zero-order chi connectivity index (χ0) is 23.4. The van der Waals surface area contributed by atoms with Gasteiger partial charge in [-0.1, -0.05) is 49.1 Å². The number of methoxy groups -OCH3 is 1. The lowest BCUT2D eigenvalue weighted by Crippen LogP contribution is -2.29. The topological polar surface area (TPSA) is 89.2 Å². The van der Waals surface area contributed by atoms with E-state index in [1.807, 2.05) is 0 Å². The number of amides is 1. The second kappa shape index (κ2) is 9.48. The van der Waals surface area contributed by atoms with Gasteiger partial charge in [0.15, 0.2) is 11.5 Å². The predicted octanol–water partition coefficient (Wildman–Crippen LogP) is 4.47. The lowest BCUT2D eigenvalue weighted by atomic mass is 9.95. The zero-order valence-electron chi connectivity index (χ0n) is 18.1. The highest BCUT2D eigenvalue weighted by Gasteiger charge is 2.46. The summed E-state index contributed by atoms with van der Waals surface area (Å²) in [5, 5.41) is 11.1. The largest absolute Gasteiger partial charge is 0.507 e. The van der Waals surface area contributed by atoms with E-state index in [1.54, 1.807) is 66.7 Å². The molecule has 1 N–H and O–H groups in total. The number of carbonyl (C=O) groups is 2. The molecule has 0 saturated carbocycles. The molecule has 0 radical (unpaired) electrons. The summed E-state index contributed by atoms with van der Waals surface area (Å²) in [5.74, 6) is -0.296. The molecule has 1 aromatic heterocycles. The van der Waals surface area contributed by atoms with E-state index >= 15 is 0 Å². The van der Waals surface area contributed by atoms with Crippen molar-refractivity contribution in [1.29, 1.82) is 0 Å². The molecule has 1 amide bonds. The smallest absolute Gasteiger partial charge is 0.296 e. The molecule has 3 aromatic rings. The lowest BCUT2D eigenvalue weighted by molar-refractivity contribution is -0.140. The number of benzene rings is 2. The van der Waals surface area contributed by atoms with Gasteiger partial charge in [-0.2, -0.15) is 0 Å². The van der Waals surface area contributed by atoms with Crippen molar-refractivity contribution in [2.45, 2.75) is 12.6 Å². The molecule has 0 aliphatic carbocycles. The number of likely N-dealkylation sites (tertiary alicyclic amines) is 1. The summed E-state index contributed by atoms with van der Waals surface area (Å²) in [5.41, 5.74) is 1.03. The number of ether oxygens (including phenoxy) is 2. The maximum atomic E-state index is 13.1. The first-order chi connectivity index (χ1) is 16.0. The summed E-state index contributed by atoms with van der Waals surface area (Å²) >= 11 is 0. The number of Topliss-reactive ketones (excluding diaryl/α,β-unsaturated/α-hetero) is 1. The predicted molar refractivity (Wildman–Crippen MR) is 122 cm³/mol. The number of aliphatic hydroxyl groups is 1. The summed E-state index contributed by atoms with van der Waals surface area (Å²) in [7, 11) is 1.50. The van der Waals surface area contributed by atoms with E-state index < -0.39 is 17.7 Å². The third-order valence-corrected chi connectivity index (χ3v) is 5.35. The van der Waals surface area contributed by atoms with Gasteiger partial charge in [-0.15, -0.1) is 0 Å². The molecule has 2 aromatic carbocycles. The minimum atomic E-state index is -0.849. The van der Waals surface area contributed by atoms with Gasteiger partial charge >= 0.3 is 0 Å². The molecular formula is C26H23NO6. The molecule has 0 bridgehead atoms. The fourth-order valence-corrected chi connectivity index (χ4v) is 3.83. The summed E-state index contributed by atoms with van der Waals surface area (Å²) in [6.07, 6.45) is 3.12. The maximum absolute atomic E-state index is 13.1. The van der Waals surface area contributed by atoms with Gasteiger partial charge in [-0.3, -0.25) is 9.59 Å². The van der Waals surface area contributed by atoms with Gasteiger partial charge in [0.05, 0.1) is 31.5 Å². The maximum Gasteiger partial charge on any atom is 0.296 e. The highest BCUT2D eigenvalue weighted by molar-refractivity contribution is 6.46. The van der Waals surface area contributed by atoms with E-state index in [1.165, 1.54) is 18.3 Å². The second-order valence-electron chi connectivity index (χ2n) is 7.38. The van der Waals surface area contributed by atoms with Gasteiger partial charge in [0.1, 0.15) is 18.1 Å². The monoisotopic (exact) mass is 445 g/mol. The van der Waals surface area contributed by atoms with Crippen LogP contribution in [0.3, 0.4) is 0 Å². The summed E-state index contributed by atoms with van der Waals surface area (Å²) in [6.45, 7) is 3.99. The number of hydrogen-bond donors (Lipinski definition) is 1. The van der Waals surface area contributed by atoms with Crippen LogP contribution in [0.1, 0.15) is 22.9 Å². The van der Waals surface area contributed by atoms with E-state index in [4.69, 9.17) is 13.9 Å². The van der Waals surface area contributed by atoms with Crippen molar-refractivity contribution in [3.05, 3.63) is 102 Å². The van der Waals surface area contributed by atoms with Crippen molar-refractivity contribution in [3.8, 4) is 11.5 Å². The Morgan fingerprint density at radius 1 is 1.12 bits per heavy atom. The van der Waals surface area contributed by atoms with Crippen LogP contribution < -0.4 is 9.47 Å². The summed E-state index contributed by atoms with van der Waals surface area (Å²) in [4.78, 5) is 27.5. The van der Waals surface area contributed by atoms with Gasteiger partial charge in [-0.05, 0) is 29.8 Å². The second-order valence-corrected chi connectivity index (χ2v) is 7.38. The van der Waals surface area contributed by atoms with Gasteiger partial charge in [0.2, 0.25) is 0 Å². The summed E-state index contributed by atoms with van der Waals surface area (Å²) in [6, 6.07) is 16.4. The molecule has 1 aliphatic heterocycles. The Morgan fingerprint density at radius 2 is 1.91 bits per heavy atom. The first-order valence-electron chi connectivity index (χ1n) is 10.3. The van der Waals surface area contributed by atoms with E-state index in [0.29, 0.717) is 35.0 Å². The van der Waals surface area contributed by atoms with Crippen molar-refractivity contribution < 1.29 is 28.6 Å². The van der Waals surface area contributed by atoms with Crippen LogP contribution in [0.5, 0.6) is 11.5 Å². The Morgan fingerprint density at radius 3 is 2.58 bits per heavy atom. The van der Waals surface area contributed by atoms with E-state index in [2.05, 4.69) is 6.58 Å². The van der Waals surface area contributed by atoms with Crippen molar-refractivity contribution in [3.63, 3.8) is 0 Å². The molecule has 1 saturated heterocycles.